The second kappa shape index (κ2) is 2.95. The Labute approximate surface area is 121 Å². The van der Waals surface area contributed by atoms with Gasteiger partial charge < -0.3 is 0 Å². The molecule has 0 N–H and O–H groups in total. The Kier molecular flexibility index (Phi) is 2.39. The van der Waals surface area contributed by atoms with Crippen LogP contribution in [0.25, 0.3) is 0 Å². The van der Waals surface area contributed by atoms with Gasteiger partial charge in [-0.2, -0.15) is 0 Å². The van der Waals surface area contributed by atoms with Crippen LogP contribution in [0.5, 0.6) is 0 Å². The zero-order valence-electron chi connectivity index (χ0n) is 15.5. The van der Waals surface area contributed by atoms with E-state index < -0.39 is 0 Å². The van der Waals surface area contributed by atoms with E-state index in [1.54, 1.807) is 0 Å². The van der Waals surface area contributed by atoms with E-state index in [9.17, 15) is 0 Å². The smallest absolute Gasteiger partial charge is 0.0148 e. The lowest BCUT2D eigenvalue weighted by atomic mass is 9.73. The third kappa shape index (κ3) is 1.06. The molecule has 0 saturated heterocycles. The van der Waals surface area contributed by atoms with Crippen molar-refractivity contribution in [2.45, 2.75) is 83.1 Å². The summed E-state index contributed by atoms with van der Waals surface area (Å²) < 4.78 is 0. The van der Waals surface area contributed by atoms with Crippen molar-refractivity contribution in [3.8, 4) is 0 Å². The van der Waals surface area contributed by atoms with Crippen LogP contribution in [-0.2, 0) is 0 Å². The SMILES string of the molecule is CC1(C)C(C)(C)C1(C)C.CC1(C)C2(C)C(C)(C)C12C. The van der Waals surface area contributed by atoms with Crippen LogP contribution in [0.15, 0.2) is 0 Å². The lowest BCUT2D eigenvalue weighted by molar-refractivity contribution is 0.169. The van der Waals surface area contributed by atoms with E-state index in [2.05, 4.69) is 83.1 Å². The van der Waals surface area contributed by atoms with Crippen molar-refractivity contribution >= 4 is 0 Å². The fraction of sp³-hybridized carbons (Fsp3) is 1.00. The predicted octanol–water partition coefficient (Wildman–Crippen LogP) is 6.16. The first-order valence-electron chi connectivity index (χ1n) is 8.00. The van der Waals surface area contributed by atoms with E-state index in [-0.39, 0.29) is 0 Å². The topological polar surface area (TPSA) is 0 Å². The molecule has 19 heavy (non-hydrogen) atoms. The van der Waals surface area contributed by atoms with Gasteiger partial charge in [0.15, 0.2) is 0 Å². The molecule has 0 heterocycles. The Hall–Kier alpha value is 0. The number of fused-ring (bicyclic) bond motifs is 1. The molecule has 0 unspecified atom stereocenters. The van der Waals surface area contributed by atoms with Gasteiger partial charge in [-0.1, -0.05) is 83.1 Å². The van der Waals surface area contributed by atoms with Crippen LogP contribution in [0.1, 0.15) is 83.1 Å². The fourth-order valence-corrected chi connectivity index (χ4v) is 6.06. The van der Waals surface area contributed by atoms with Gasteiger partial charge in [0.05, 0.1) is 0 Å². The van der Waals surface area contributed by atoms with Gasteiger partial charge in [-0.05, 0) is 37.9 Å². The summed E-state index contributed by atoms with van der Waals surface area (Å²) in [6.45, 7) is 28.6. The van der Waals surface area contributed by atoms with Crippen molar-refractivity contribution in [3.05, 3.63) is 0 Å². The summed E-state index contributed by atoms with van der Waals surface area (Å²) in [6, 6.07) is 0. The maximum atomic E-state index is 2.44. The third-order valence-corrected chi connectivity index (χ3v) is 10.5. The minimum atomic E-state index is 0.542. The quantitative estimate of drug-likeness (QED) is 0.491. The summed E-state index contributed by atoms with van der Waals surface area (Å²) in [5, 5.41) is 0. The third-order valence-electron chi connectivity index (χ3n) is 10.5. The van der Waals surface area contributed by atoms with Crippen molar-refractivity contribution < 1.29 is 0 Å². The van der Waals surface area contributed by atoms with E-state index in [1.807, 2.05) is 0 Å². The first-order valence-corrected chi connectivity index (χ1v) is 8.00. The van der Waals surface area contributed by atoms with Crippen LogP contribution in [-0.4, -0.2) is 0 Å². The Balaban J connectivity index is 0.000000141. The van der Waals surface area contributed by atoms with Gasteiger partial charge in [0.25, 0.3) is 0 Å². The molecule has 3 saturated carbocycles. The highest BCUT2D eigenvalue weighted by Gasteiger charge is 3.00. The minimum Gasteiger partial charge on any atom is -0.0588 e. The van der Waals surface area contributed by atoms with Gasteiger partial charge >= 0.3 is 0 Å². The maximum absolute atomic E-state index is 2.44. The number of rotatable bonds is 0. The summed E-state index contributed by atoms with van der Waals surface area (Å²) in [5.41, 5.74) is 4.15. The fourth-order valence-electron chi connectivity index (χ4n) is 6.06. The van der Waals surface area contributed by atoms with Gasteiger partial charge in [-0.25, -0.2) is 0 Å². The molecule has 3 aliphatic carbocycles. The van der Waals surface area contributed by atoms with Crippen molar-refractivity contribution in [2.75, 3.05) is 0 Å². The first kappa shape index (κ1) is 15.4. The summed E-state index contributed by atoms with van der Waals surface area (Å²) in [6.07, 6.45) is 0. The molecule has 3 aliphatic rings. The molecule has 0 aromatic heterocycles. The second-order valence-electron chi connectivity index (χ2n) is 10.4. The summed E-state index contributed by atoms with van der Waals surface area (Å²) in [5.74, 6) is 0. The van der Waals surface area contributed by atoms with E-state index >= 15 is 0 Å². The minimum absolute atomic E-state index is 0.542. The molecule has 0 bridgehead atoms. The van der Waals surface area contributed by atoms with Crippen LogP contribution in [0.3, 0.4) is 0 Å². The molecule has 3 fully saturated rings. The van der Waals surface area contributed by atoms with E-state index in [0.29, 0.717) is 37.9 Å². The lowest BCUT2D eigenvalue weighted by Crippen LogP contribution is -2.25. The average Bonchev–Trinajstić information content (AvgIpc) is 2.86. The molecule has 0 spiro atoms. The first-order chi connectivity index (χ1) is 8.00. The summed E-state index contributed by atoms with van der Waals surface area (Å²) in [7, 11) is 0. The number of hydrogen-bond donors (Lipinski definition) is 0. The van der Waals surface area contributed by atoms with Gasteiger partial charge in [0.2, 0.25) is 0 Å². The maximum Gasteiger partial charge on any atom is -0.0148 e. The van der Waals surface area contributed by atoms with Gasteiger partial charge in [-0.15, -0.1) is 0 Å². The van der Waals surface area contributed by atoms with E-state index in [1.165, 1.54) is 0 Å². The van der Waals surface area contributed by atoms with Crippen LogP contribution in [0.2, 0.25) is 0 Å². The largest absolute Gasteiger partial charge is 0.0588 e. The zero-order chi connectivity index (χ0) is 15.5. The highest BCUT2D eigenvalue weighted by Crippen LogP contribution is 3.05. The van der Waals surface area contributed by atoms with Gasteiger partial charge in [-0.3, -0.25) is 0 Å². The van der Waals surface area contributed by atoms with Crippen LogP contribution in [0.4, 0.5) is 0 Å². The van der Waals surface area contributed by atoms with Crippen LogP contribution < -0.4 is 0 Å². The van der Waals surface area contributed by atoms with Crippen molar-refractivity contribution in [1.82, 2.24) is 0 Å². The Morgan fingerprint density at radius 2 is 0.421 bits per heavy atom. The molecular formula is C19H36. The summed E-state index contributed by atoms with van der Waals surface area (Å²) in [4.78, 5) is 0. The molecule has 0 nitrogen and oxygen atoms in total. The average molecular weight is 264 g/mol. The van der Waals surface area contributed by atoms with Gasteiger partial charge in [0, 0.05) is 0 Å². The highest BCUT2D eigenvalue weighted by atomic mass is 15.0. The van der Waals surface area contributed by atoms with E-state index in [4.69, 9.17) is 0 Å². The molecule has 0 atom stereocenters. The lowest BCUT2D eigenvalue weighted by Gasteiger charge is -2.31. The second-order valence-corrected chi connectivity index (χ2v) is 10.4. The molecule has 0 amide bonds. The molecule has 0 aromatic carbocycles. The van der Waals surface area contributed by atoms with Crippen molar-refractivity contribution in [2.24, 2.45) is 37.9 Å². The van der Waals surface area contributed by atoms with Crippen molar-refractivity contribution in [3.63, 3.8) is 0 Å². The molecule has 3 rings (SSSR count). The molecule has 0 aromatic rings. The molecule has 0 radical (unpaired) electrons. The summed E-state index contributed by atoms with van der Waals surface area (Å²) >= 11 is 0. The molecular weight excluding hydrogens is 228 g/mol. The molecule has 0 heteroatoms. The Bertz CT molecular complexity index is 352. The zero-order valence-corrected chi connectivity index (χ0v) is 15.5. The Morgan fingerprint density at radius 3 is 0.421 bits per heavy atom. The highest BCUT2D eigenvalue weighted by molar-refractivity contribution is 5.47. The molecule has 112 valence electrons. The Morgan fingerprint density at radius 1 is 0.263 bits per heavy atom. The van der Waals surface area contributed by atoms with Crippen LogP contribution in [0, 0.1) is 37.9 Å². The van der Waals surface area contributed by atoms with Crippen LogP contribution >= 0.6 is 0 Å². The predicted molar refractivity (Wildman–Crippen MR) is 85.1 cm³/mol. The monoisotopic (exact) mass is 264 g/mol. The standard InChI is InChI=1S/C10H18.C9H18/c1-7(2)9(5)8(3,4)10(7,9)6;1-7(2)8(3,4)9(7,5)6/h1-6H3;1-6H3. The van der Waals surface area contributed by atoms with E-state index in [0.717, 1.165) is 0 Å². The van der Waals surface area contributed by atoms with Gasteiger partial charge in [0.1, 0.15) is 0 Å². The molecule has 0 aliphatic heterocycles. The normalized spacial score (nSPS) is 47.4. The van der Waals surface area contributed by atoms with Crippen molar-refractivity contribution in [1.29, 1.82) is 0 Å². The number of hydrogen-bond acceptors (Lipinski definition) is 0.